The summed E-state index contributed by atoms with van der Waals surface area (Å²) in [5.74, 6) is -1.51. The summed E-state index contributed by atoms with van der Waals surface area (Å²) in [5, 5.41) is 12.2. The van der Waals surface area contributed by atoms with Crippen LogP contribution in [0.5, 0.6) is 0 Å². The van der Waals surface area contributed by atoms with Crippen LogP contribution in [-0.2, 0) is 6.42 Å². The number of carbonyl (C=O) groups excluding carboxylic acids is 1. The number of hydrogen-bond acceptors (Lipinski definition) is 4. The summed E-state index contributed by atoms with van der Waals surface area (Å²) in [7, 11) is 0. The molecule has 0 bridgehead atoms. The van der Waals surface area contributed by atoms with Crippen molar-refractivity contribution in [2.75, 3.05) is 0 Å². The minimum Gasteiger partial charge on any atom is -0.478 e. The Morgan fingerprint density at radius 3 is 2.55 bits per heavy atom. The van der Waals surface area contributed by atoms with E-state index in [0.717, 1.165) is 10.9 Å². The molecule has 2 aromatic carbocycles. The highest BCUT2D eigenvalue weighted by atomic mass is 32.1. The number of furan rings is 1. The average molecular weight is 406 g/mol. The lowest BCUT2D eigenvalue weighted by Gasteiger charge is -2.00. The van der Waals surface area contributed by atoms with Crippen molar-refractivity contribution < 1.29 is 23.5 Å². The summed E-state index contributed by atoms with van der Waals surface area (Å²) in [4.78, 5) is 24.9. The van der Waals surface area contributed by atoms with Crippen LogP contribution < -0.4 is 0 Å². The maximum Gasteiger partial charge on any atom is 0.337 e. The number of rotatable bonds is 6. The number of ketones is 1. The van der Waals surface area contributed by atoms with E-state index in [1.165, 1.54) is 23.5 Å². The smallest absolute Gasteiger partial charge is 0.337 e. The molecule has 4 nitrogen and oxygen atoms in total. The summed E-state index contributed by atoms with van der Waals surface area (Å²) >= 11 is 1.22. The van der Waals surface area contributed by atoms with E-state index >= 15 is 0 Å². The standard InChI is InChI=1S/C23H15FO4S/c24-17-9-6-14(7-10-17)5-8-16-13-29-21(22(16)23(26)27)12-18(25)20-11-15-3-1-2-4-19(15)28-20/h1-11,13H,12H2,(H,26,27)/b8-5+. The molecule has 4 aromatic rings. The number of carbonyl (C=O) groups is 2. The van der Waals surface area contributed by atoms with Crippen molar-refractivity contribution in [2.24, 2.45) is 0 Å². The number of carboxylic acids is 1. The molecule has 0 atom stereocenters. The number of halogens is 1. The van der Waals surface area contributed by atoms with Gasteiger partial charge < -0.3 is 9.52 Å². The van der Waals surface area contributed by atoms with Gasteiger partial charge in [0.05, 0.1) is 5.56 Å². The molecule has 0 radical (unpaired) electrons. The molecule has 2 aromatic heterocycles. The molecule has 6 heteroatoms. The molecule has 0 saturated carbocycles. The number of thiophene rings is 1. The van der Waals surface area contributed by atoms with Crippen LogP contribution in [0.15, 0.2) is 64.4 Å². The molecule has 0 saturated heterocycles. The Morgan fingerprint density at radius 1 is 1.07 bits per heavy atom. The fourth-order valence-corrected chi connectivity index (χ4v) is 4.02. The lowest BCUT2D eigenvalue weighted by atomic mass is 10.1. The van der Waals surface area contributed by atoms with Crippen LogP contribution in [0, 0.1) is 5.82 Å². The highest BCUT2D eigenvalue weighted by Crippen LogP contribution is 2.27. The fraction of sp³-hybridized carbons (Fsp3) is 0.0435. The monoisotopic (exact) mass is 406 g/mol. The SMILES string of the molecule is O=C(Cc1scc(/C=C/c2ccc(F)cc2)c1C(=O)O)c1cc2ccccc2o1. The van der Waals surface area contributed by atoms with Gasteiger partial charge in [0.2, 0.25) is 5.78 Å². The van der Waals surface area contributed by atoms with E-state index in [0.29, 0.717) is 16.0 Å². The second kappa shape index (κ2) is 7.85. The van der Waals surface area contributed by atoms with Crippen molar-refractivity contribution in [3.05, 3.63) is 93.1 Å². The van der Waals surface area contributed by atoms with E-state index in [1.54, 1.807) is 41.8 Å². The summed E-state index contributed by atoms with van der Waals surface area (Å²) in [6.07, 6.45) is 3.30. The van der Waals surface area contributed by atoms with Crippen molar-refractivity contribution in [1.82, 2.24) is 0 Å². The van der Waals surface area contributed by atoms with Crippen molar-refractivity contribution in [3.8, 4) is 0 Å². The average Bonchev–Trinajstić information content (AvgIpc) is 3.31. The molecule has 0 aliphatic rings. The number of benzene rings is 2. The molecule has 0 aliphatic carbocycles. The third kappa shape index (κ3) is 4.02. The van der Waals surface area contributed by atoms with E-state index in [4.69, 9.17) is 4.42 Å². The van der Waals surface area contributed by atoms with Crippen molar-refractivity contribution in [1.29, 1.82) is 0 Å². The first-order valence-electron chi connectivity index (χ1n) is 8.80. The molecule has 0 amide bonds. The molecule has 0 unspecified atom stereocenters. The first kappa shape index (κ1) is 18.8. The van der Waals surface area contributed by atoms with Gasteiger partial charge in [0.25, 0.3) is 0 Å². The predicted molar refractivity (Wildman–Crippen MR) is 111 cm³/mol. The first-order valence-corrected chi connectivity index (χ1v) is 9.68. The van der Waals surface area contributed by atoms with Gasteiger partial charge in [0, 0.05) is 16.7 Å². The zero-order valence-corrected chi connectivity index (χ0v) is 15.9. The zero-order chi connectivity index (χ0) is 20.4. The van der Waals surface area contributed by atoms with Crippen molar-refractivity contribution >= 4 is 46.2 Å². The normalized spacial score (nSPS) is 11.3. The maximum atomic E-state index is 13.0. The Morgan fingerprint density at radius 2 is 1.83 bits per heavy atom. The van der Waals surface area contributed by atoms with E-state index in [9.17, 15) is 19.1 Å². The van der Waals surface area contributed by atoms with Gasteiger partial charge in [0.1, 0.15) is 11.4 Å². The molecular weight excluding hydrogens is 391 g/mol. The predicted octanol–water partition coefficient (Wildman–Crippen LogP) is 5.93. The Balaban J connectivity index is 1.59. The first-order chi connectivity index (χ1) is 14.0. The van der Waals surface area contributed by atoms with Crippen LogP contribution in [-0.4, -0.2) is 16.9 Å². The van der Waals surface area contributed by atoms with Crippen LogP contribution in [0.1, 0.15) is 36.9 Å². The van der Waals surface area contributed by atoms with E-state index in [-0.39, 0.29) is 29.3 Å². The lowest BCUT2D eigenvalue weighted by molar-refractivity contribution is 0.0696. The molecule has 2 heterocycles. The van der Waals surface area contributed by atoms with Gasteiger partial charge in [-0.25, -0.2) is 9.18 Å². The van der Waals surface area contributed by atoms with Crippen LogP contribution in [0.4, 0.5) is 4.39 Å². The molecule has 0 fully saturated rings. The van der Waals surface area contributed by atoms with Crippen molar-refractivity contribution in [3.63, 3.8) is 0 Å². The molecule has 0 aliphatic heterocycles. The number of hydrogen-bond donors (Lipinski definition) is 1. The summed E-state index contributed by atoms with van der Waals surface area (Å²) in [5.41, 5.74) is 1.95. The molecule has 0 spiro atoms. The number of Topliss-reactive ketones (excluding diaryl/α,β-unsaturated/α-hetero) is 1. The molecule has 4 rings (SSSR count). The van der Waals surface area contributed by atoms with Crippen LogP contribution >= 0.6 is 11.3 Å². The Bertz CT molecular complexity index is 1200. The Kier molecular flexibility index (Phi) is 5.10. The van der Waals surface area contributed by atoms with Gasteiger partial charge >= 0.3 is 5.97 Å². The Labute approximate surface area is 169 Å². The number of aromatic carboxylic acids is 1. The van der Waals surface area contributed by atoms with E-state index in [2.05, 4.69) is 0 Å². The van der Waals surface area contributed by atoms with Crippen molar-refractivity contribution in [2.45, 2.75) is 6.42 Å². The number of carboxylic acid groups (broad SMARTS) is 1. The van der Waals surface area contributed by atoms with Gasteiger partial charge in [-0.15, -0.1) is 11.3 Å². The summed E-state index contributed by atoms with van der Waals surface area (Å²) in [6.45, 7) is 0. The lowest BCUT2D eigenvalue weighted by Crippen LogP contribution is -2.06. The van der Waals surface area contributed by atoms with E-state index in [1.807, 2.05) is 18.2 Å². The molecular formula is C23H15FO4S. The maximum absolute atomic E-state index is 13.0. The number of fused-ring (bicyclic) bond motifs is 1. The van der Waals surface area contributed by atoms with Crippen LogP contribution in [0.25, 0.3) is 23.1 Å². The molecule has 1 N–H and O–H groups in total. The van der Waals surface area contributed by atoms with E-state index < -0.39 is 5.97 Å². The van der Waals surface area contributed by atoms with Crippen LogP contribution in [0.3, 0.4) is 0 Å². The van der Waals surface area contributed by atoms with Gasteiger partial charge in [-0.05, 0) is 40.8 Å². The minimum absolute atomic E-state index is 0.0590. The highest BCUT2D eigenvalue weighted by Gasteiger charge is 2.21. The third-order valence-corrected chi connectivity index (χ3v) is 5.46. The van der Waals surface area contributed by atoms with Gasteiger partial charge in [-0.2, -0.15) is 0 Å². The van der Waals surface area contributed by atoms with Gasteiger partial charge in [-0.1, -0.05) is 42.5 Å². The van der Waals surface area contributed by atoms with Gasteiger partial charge in [0.15, 0.2) is 5.76 Å². The second-order valence-corrected chi connectivity index (χ2v) is 7.39. The third-order valence-electron chi connectivity index (χ3n) is 4.46. The Hall–Kier alpha value is -3.51. The molecule has 144 valence electrons. The second-order valence-electron chi connectivity index (χ2n) is 6.43. The topological polar surface area (TPSA) is 67.5 Å². The summed E-state index contributed by atoms with van der Waals surface area (Å²) in [6, 6.07) is 14.8. The van der Waals surface area contributed by atoms with Gasteiger partial charge in [-0.3, -0.25) is 4.79 Å². The summed E-state index contributed by atoms with van der Waals surface area (Å²) < 4.78 is 18.6. The quantitative estimate of drug-likeness (QED) is 0.403. The van der Waals surface area contributed by atoms with Crippen LogP contribution in [0.2, 0.25) is 0 Å². The largest absolute Gasteiger partial charge is 0.478 e. The fourth-order valence-electron chi connectivity index (χ4n) is 3.02. The molecule has 29 heavy (non-hydrogen) atoms. The highest BCUT2D eigenvalue weighted by molar-refractivity contribution is 7.10. The number of para-hydroxylation sites is 1. The zero-order valence-electron chi connectivity index (χ0n) is 15.1. The minimum atomic E-state index is -1.10.